The van der Waals surface area contributed by atoms with Crippen molar-refractivity contribution in [1.82, 2.24) is 0 Å². The number of fused-ring (bicyclic) bond motifs is 1. The topological polar surface area (TPSA) is 44.8 Å². The highest BCUT2D eigenvalue weighted by atomic mass is 16.6. The molecule has 0 unspecified atom stereocenters. The fraction of sp³-hybridized carbons (Fsp3) is 0.650. The maximum absolute atomic E-state index is 11.8. The molecule has 2 fully saturated rings. The Hall–Kier alpha value is -1.55. The molecular weight excluding hydrogens is 304 g/mol. The number of carbonyl (C=O) groups is 1. The van der Waals surface area contributed by atoms with Crippen LogP contribution in [0.5, 0.6) is 5.75 Å². The van der Waals surface area contributed by atoms with E-state index in [4.69, 9.17) is 14.2 Å². The number of rotatable bonds is 3. The van der Waals surface area contributed by atoms with E-state index < -0.39 is 5.60 Å². The summed E-state index contributed by atoms with van der Waals surface area (Å²) in [4.78, 5) is 11.8. The van der Waals surface area contributed by atoms with Crippen LogP contribution in [-0.4, -0.2) is 24.8 Å². The van der Waals surface area contributed by atoms with Crippen molar-refractivity contribution in [1.29, 1.82) is 0 Å². The summed E-state index contributed by atoms with van der Waals surface area (Å²) in [5, 5.41) is 0. The van der Waals surface area contributed by atoms with Gasteiger partial charge in [-0.05, 0) is 48.3 Å². The van der Waals surface area contributed by atoms with Gasteiger partial charge in [-0.3, -0.25) is 4.79 Å². The first-order chi connectivity index (χ1) is 11.3. The molecule has 4 nitrogen and oxygen atoms in total. The van der Waals surface area contributed by atoms with E-state index in [1.54, 1.807) is 7.11 Å². The predicted molar refractivity (Wildman–Crippen MR) is 91.9 cm³/mol. The number of benzene rings is 1. The lowest BCUT2D eigenvalue weighted by molar-refractivity contribution is -0.321. The van der Waals surface area contributed by atoms with E-state index in [1.807, 2.05) is 24.3 Å². The minimum atomic E-state index is -0.528. The number of hydrogen-bond donors (Lipinski definition) is 0. The maximum Gasteiger partial charge on any atom is 0.303 e. The van der Waals surface area contributed by atoms with Crippen LogP contribution in [0.4, 0.5) is 0 Å². The summed E-state index contributed by atoms with van der Waals surface area (Å²) in [5.74, 6) is 1.14. The Morgan fingerprint density at radius 3 is 2.67 bits per heavy atom. The Bertz CT molecular complexity index is 618. The molecule has 4 heteroatoms. The van der Waals surface area contributed by atoms with Gasteiger partial charge < -0.3 is 14.2 Å². The third-order valence-electron chi connectivity index (χ3n) is 5.63. The van der Waals surface area contributed by atoms with Crippen LogP contribution in [0.15, 0.2) is 24.3 Å². The van der Waals surface area contributed by atoms with Gasteiger partial charge in [-0.2, -0.15) is 0 Å². The summed E-state index contributed by atoms with van der Waals surface area (Å²) in [6, 6.07) is 7.86. The van der Waals surface area contributed by atoms with Crippen molar-refractivity contribution in [3.63, 3.8) is 0 Å². The quantitative estimate of drug-likeness (QED) is 0.775. The summed E-state index contributed by atoms with van der Waals surface area (Å²) >= 11 is 0. The molecule has 1 saturated heterocycles. The van der Waals surface area contributed by atoms with Crippen LogP contribution >= 0.6 is 0 Å². The summed E-state index contributed by atoms with van der Waals surface area (Å²) < 4.78 is 17.4. The van der Waals surface area contributed by atoms with E-state index in [0.29, 0.717) is 5.92 Å². The zero-order valence-corrected chi connectivity index (χ0v) is 15.3. The molecule has 1 aromatic carbocycles. The summed E-state index contributed by atoms with van der Waals surface area (Å²) in [5.41, 5.74) is 0.730. The van der Waals surface area contributed by atoms with E-state index in [0.717, 1.165) is 30.6 Å². The third kappa shape index (κ3) is 2.92. The van der Waals surface area contributed by atoms with Crippen molar-refractivity contribution < 1.29 is 19.0 Å². The van der Waals surface area contributed by atoms with E-state index >= 15 is 0 Å². The lowest BCUT2D eigenvalue weighted by Crippen LogP contribution is -2.65. The summed E-state index contributed by atoms with van der Waals surface area (Å²) in [7, 11) is 1.65. The van der Waals surface area contributed by atoms with E-state index in [-0.39, 0.29) is 23.6 Å². The highest BCUT2D eigenvalue weighted by Crippen LogP contribution is 2.57. The Morgan fingerprint density at radius 2 is 2.08 bits per heavy atom. The molecule has 2 aliphatic rings. The standard InChI is InChI=1S/C20H28O4/c1-13(21)24-20-10-9-15(19(2,3)4)12-17(20)23-18(20)14-7-6-8-16(11-14)22-5/h6-8,11,15,17-18H,9-10,12H2,1-5H3/t15-,17-,18-,20-/m0/s1. The molecule has 4 atom stereocenters. The molecular formula is C20H28O4. The van der Waals surface area contributed by atoms with Crippen molar-refractivity contribution >= 4 is 5.97 Å². The van der Waals surface area contributed by atoms with E-state index in [2.05, 4.69) is 20.8 Å². The molecule has 1 aliphatic carbocycles. The second-order valence-electron chi connectivity index (χ2n) is 8.17. The lowest BCUT2D eigenvalue weighted by Gasteiger charge is -2.59. The van der Waals surface area contributed by atoms with Gasteiger partial charge in [0.1, 0.15) is 18.0 Å². The van der Waals surface area contributed by atoms with Crippen molar-refractivity contribution in [3.8, 4) is 5.75 Å². The Morgan fingerprint density at radius 1 is 1.33 bits per heavy atom. The van der Waals surface area contributed by atoms with Crippen LogP contribution in [0.25, 0.3) is 0 Å². The van der Waals surface area contributed by atoms with Crippen molar-refractivity contribution in [2.45, 2.75) is 64.8 Å². The highest BCUT2D eigenvalue weighted by molar-refractivity contribution is 5.67. The minimum Gasteiger partial charge on any atom is -0.497 e. The lowest BCUT2D eigenvalue weighted by atomic mass is 9.62. The van der Waals surface area contributed by atoms with Crippen LogP contribution in [-0.2, 0) is 14.3 Å². The maximum atomic E-state index is 11.8. The first-order valence-electron chi connectivity index (χ1n) is 8.75. The average Bonchev–Trinajstić information content (AvgIpc) is 2.49. The third-order valence-corrected chi connectivity index (χ3v) is 5.63. The molecule has 0 aromatic heterocycles. The molecule has 1 aliphatic heterocycles. The van der Waals surface area contributed by atoms with Crippen molar-refractivity contribution in [3.05, 3.63) is 29.8 Å². The molecule has 24 heavy (non-hydrogen) atoms. The largest absolute Gasteiger partial charge is 0.497 e. The van der Waals surface area contributed by atoms with Gasteiger partial charge in [0.2, 0.25) is 0 Å². The fourth-order valence-electron chi connectivity index (χ4n) is 4.20. The SMILES string of the molecule is COc1cccc([C@@H]2O[C@H]3C[C@@H](C(C)(C)C)CC[C@]32OC(C)=O)c1. The number of methoxy groups -OCH3 is 1. The normalized spacial score (nSPS) is 32.5. The Labute approximate surface area is 144 Å². The van der Waals surface area contributed by atoms with Gasteiger partial charge >= 0.3 is 5.97 Å². The van der Waals surface area contributed by atoms with Gasteiger partial charge in [0.25, 0.3) is 0 Å². The molecule has 0 radical (unpaired) electrons. The summed E-state index contributed by atoms with van der Waals surface area (Å²) in [6.07, 6.45) is 2.62. The smallest absolute Gasteiger partial charge is 0.303 e. The van der Waals surface area contributed by atoms with Gasteiger partial charge in [0.05, 0.1) is 7.11 Å². The van der Waals surface area contributed by atoms with E-state index in [9.17, 15) is 4.79 Å². The van der Waals surface area contributed by atoms with Gasteiger partial charge in [-0.15, -0.1) is 0 Å². The highest BCUT2D eigenvalue weighted by Gasteiger charge is 2.63. The van der Waals surface area contributed by atoms with Crippen LogP contribution in [0.3, 0.4) is 0 Å². The van der Waals surface area contributed by atoms with Gasteiger partial charge in [0.15, 0.2) is 5.60 Å². The Balaban J connectivity index is 1.87. The minimum absolute atomic E-state index is 0.0180. The first-order valence-corrected chi connectivity index (χ1v) is 8.75. The van der Waals surface area contributed by atoms with Crippen LogP contribution in [0.1, 0.15) is 58.6 Å². The van der Waals surface area contributed by atoms with E-state index in [1.165, 1.54) is 6.92 Å². The second kappa shape index (κ2) is 6.07. The number of ether oxygens (including phenoxy) is 3. The van der Waals surface area contributed by atoms with Crippen molar-refractivity contribution in [2.24, 2.45) is 11.3 Å². The molecule has 0 bridgehead atoms. The first kappa shape index (κ1) is 17.3. The number of hydrogen-bond acceptors (Lipinski definition) is 4. The van der Waals surface area contributed by atoms with Crippen LogP contribution in [0, 0.1) is 11.3 Å². The monoisotopic (exact) mass is 332 g/mol. The molecule has 3 rings (SSSR count). The zero-order valence-electron chi connectivity index (χ0n) is 15.3. The molecule has 1 heterocycles. The second-order valence-corrected chi connectivity index (χ2v) is 8.17. The van der Waals surface area contributed by atoms with Gasteiger partial charge in [-0.1, -0.05) is 32.9 Å². The molecule has 1 aromatic rings. The van der Waals surface area contributed by atoms with Crippen molar-refractivity contribution in [2.75, 3.05) is 7.11 Å². The van der Waals surface area contributed by atoms with Crippen LogP contribution in [0.2, 0.25) is 0 Å². The molecule has 1 saturated carbocycles. The van der Waals surface area contributed by atoms with Gasteiger partial charge in [0, 0.05) is 6.92 Å². The summed E-state index contributed by atoms with van der Waals surface area (Å²) in [6.45, 7) is 8.31. The average molecular weight is 332 g/mol. The zero-order chi connectivity index (χ0) is 17.5. The number of esters is 1. The number of carbonyl (C=O) groups excluding carboxylic acids is 1. The molecule has 0 N–H and O–H groups in total. The molecule has 0 amide bonds. The molecule has 0 spiro atoms. The van der Waals surface area contributed by atoms with Crippen LogP contribution < -0.4 is 4.74 Å². The Kier molecular flexibility index (Phi) is 4.37. The molecule has 132 valence electrons. The predicted octanol–water partition coefficient (Wildman–Crippen LogP) is 4.28. The fourth-order valence-corrected chi connectivity index (χ4v) is 4.20. The van der Waals surface area contributed by atoms with Gasteiger partial charge in [-0.25, -0.2) is 0 Å².